The average molecular weight is 219 g/mol. The minimum atomic E-state index is 1.02. The maximum atomic E-state index is 4.24. The maximum absolute atomic E-state index is 4.24. The van der Waals surface area contributed by atoms with Gasteiger partial charge in [0.1, 0.15) is 0 Å². The predicted molar refractivity (Wildman–Crippen MR) is 67.9 cm³/mol. The van der Waals surface area contributed by atoms with Crippen LogP contribution in [0.15, 0.2) is 18.5 Å². The van der Waals surface area contributed by atoms with Crippen molar-refractivity contribution in [2.75, 3.05) is 31.6 Å². The van der Waals surface area contributed by atoms with Crippen LogP contribution in [0, 0.1) is 0 Å². The van der Waals surface area contributed by atoms with E-state index in [0.29, 0.717) is 0 Å². The third-order valence-corrected chi connectivity index (χ3v) is 3.22. The lowest BCUT2D eigenvalue weighted by atomic mass is 10.1. The van der Waals surface area contributed by atoms with E-state index in [1.807, 2.05) is 19.4 Å². The summed E-state index contributed by atoms with van der Waals surface area (Å²) in [6, 6.07) is 2.16. The smallest absolute Gasteiger partial charge is 0.0430 e. The topological polar surface area (TPSA) is 28.2 Å². The summed E-state index contributed by atoms with van der Waals surface area (Å²) in [5.41, 5.74) is 2.77. The molecule has 0 unspecified atom stereocenters. The molecule has 16 heavy (non-hydrogen) atoms. The molecule has 1 saturated heterocycles. The van der Waals surface area contributed by atoms with Gasteiger partial charge in [0.05, 0.1) is 0 Å². The average Bonchev–Trinajstić information content (AvgIpc) is 2.38. The molecule has 0 atom stereocenters. The summed E-state index contributed by atoms with van der Waals surface area (Å²) in [4.78, 5) is 6.75. The van der Waals surface area contributed by atoms with Crippen molar-refractivity contribution in [1.82, 2.24) is 10.3 Å². The molecule has 0 spiro atoms. The highest BCUT2D eigenvalue weighted by atomic mass is 15.1. The first-order valence-electron chi connectivity index (χ1n) is 6.24. The van der Waals surface area contributed by atoms with Crippen LogP contribution in [-0.2, 0) is 6.42 Å². The van der Waals surface area contributed by atoms with E-state index in [9.17, 15) is 0 Å². The largest absolute Gasteiger partial charge is 0.371 e. The SMILES string of the molecule is CNCCc1cnccc1N1CCCCC1. The van der Waals surface area contributed by atoms with Crippen LogP contribution < -0.4 is 10.2 Å². The van der Waals surface area contributed by atoms with Crippen molar-refractivity contribution in [3.8, 4) is 0 Å². The summed E-state index contributed by atoms with van der Waals surface area (Å²) in [6.07, 6.45) is 9.03. The van der Waals surface area contributed by atoms with Crippen LogP contribution in [0.25, 0.3) is 0 Å². The first-order valence-corrected chi connectivity index (χ1v) is 6.24. The Morgan fingerprint density at radius 3 is 2.88 bits per heavy atom. The van der Waals surface area contributed by atoms with Crippen molar-refractivity contribution in [1.29, 1.82) is 0 Å². The van der Waals surface area contributed by atoms with Gasteiger partial charge in [0.2, 0.25) is 0 Å². The van der Waals surface area contributed by atoms with Gasteiger partial charge in [-0.15, -0.1) is 0 Å². The van der Waals surface area contributed by atoms with Gasteiger partial charge in [0.25, 0.3) is 0 Å². The Morgan fingerprint density at radius 2 is 2.12 bits per heavy atom. The number of aromatic nitrogens is 1. The van der Waals surface area contributed by atoms with Crippen molar-refractivity contribution >= 4 is 5.69 Å². The zero-order valence-electron chi connectivity index (χ0n) is 10.1. The Morgan fingerprint density at radius 1 is 1.31 bits per heavy atom. The summed E-state index contributed by atoms with van der Waals surface area (Å²) < 4.78 is 0. The highest BCUT2D eigenvalue weighted by molar-refractivity contribution is 5.52. The number of anilines is 1. The zero-order chi connectivity index (χ0) is 11.2. The van der Waals surface area contributed by atoms with Crippen molar-refractivity contribution in [3.63, 3.8) is 0 Å². The van der Waals surface area contributed by atoms with Gasteiger partial charge in [-0.3, -0.25) is 4.98 Å². The van der Waals surface area contributed by atoms with Crippen LogP contribution in [0.2, 0.25) is 0 Å². The molecule has 1 aliphatic rings. The van der Waals surface area contributed by atoms with Gasteiger partial charge in [-0.1, -0.05) is 0 Å². The van der Waals surface area contributed by atoms with E-state index < -0.39 is 0 Å². The standard InChI is InChI=1S/C13H21N3/c1-14-7-5-12-11-15-8-6-13(12)16-9-3-2-4-10-16/h6,8,11,14H,2-5,7,9-10H2,1H3. The number of piperidine rings is 1. The monoisotopic (exact) mass is 219 g/mol. The van der Waals surface area contributed by atoms with Crippen LogP contribution >= 0.6 is 0 Å². The molecule has 0 aromatic carbocycles. The van der Waals surface area contributed by atoms with Crippen molar-refractivity contribution in [2.24, 2.45) is 0 Å². The maximum Gasteiger partial charge on any atom is 0.0430 e. The lowest BCUT2D eigenvalue weighted by molar-refractivity contribution is 0.575. The number of hydrogen-bond acceptors (Lipinski definition) is 3. The van der Waals surface area contributed by atoms with Gasteiger partial charge >= 0.3 is 0 Å². The van der Waals surface area contributed by atoms with E-state index in [1.54, 1.807) is 0 Å². The molecule has 0 bridgehead atoms. The summed E-state index contributed by atoms with van der Waals surface area (Å²) in [6.45, 7) is 3.43. The number of likely N-dealkylation sites (N-methyl/N-ethyl adjacent to an activating group) is 1. The summed E-state index contributed by atoms with van der Waals surface area (Å²) in [7, 11) is 2.00. The minimum absolute atomic E-state index is 1.02. The van der Waals surface area contributed by atoms with Gasteiger partial charge in [-0.2, -0.15) is 0 Å². The summed E-state index contributed by atoms with van der Waals surface area (Å²) >= 11 is 0. The molecule has 3 nitrogen and oxygen atoms in total. The molecule has 3 heteroatoms. The second-order valence-corrected chi connectivity index (χ2v) is 4.41. The predicted octanol–water partition coefficient (Wildman–Crippen LogP) is 1.83. The summed E-state index contributed by atoms with van der Waals surface area (Å²) in [5.74, 6) is 0. The quantitative estimate of drug-likeness (QED) is 0.837. The molecule has 0 amide bonds. The van der Waals surface area contributed by atoms with E-state index in [4.69, 9.17) is 0 Å². The lowest BCUT2D eigenvalue weighted by Gasteiger charge is -2.30. The molecular formula is C13H21N3. The van der Waals surface area contributed by atoms with Crippen LogP contribution in [0.1, 0.15) is 24.8 Å². The molecule has 2 rings (SSSR count). The normalized spacial score (nSPS) is 16.4. The first kappa shape index (κ1) is 11.4. The van der Waals surface area contributed by atoms with E-state index in [-0.39, 0.29) is 0 Å². The molecule has 1 aromatic rings. The zero-order valence-corrected chi connectivity index (χ0v) is 10.1. The van der Waals surface area contributed by atoms with E-state index in [1.165, 1.54) is 43.6 Å². The molecule has 1 fully saturated rings. The van der Waals surface area contributed by atoms with Crippen LogP contribution in [-0.4, -0.2) is 31.7 Å². The fraction of sp³-hybridized carbons (Fsp3) is 0.615. The van der Waals surface area contributed by atoms with Crippen molar-refractivity contribution in [3.05, 3.63) is 24.0 Å². The Balaban J connectivity index is 2.11. The van der Waals surface area contributed by atoms with Gasteiger partial charge in [-0.25, -0.2) is 0 Å². The molecule has 1 aliphatic heterocycles. The molecule has 0 aliphatic carbocycles. The fourth-order valence-corrected chi connectivity index (χ4v) is 2.32. The second kappa shape index (κ2) is 5.85. The number of hydrogen-bond donors (Lipinski definition) is 1. The molecule has 2 heterocycles. The molecular weight excluding hydrogens is 198 g/mol. The van der Waals surface area contributed by atoms with E-state index in [0.717, 1.165) is 13.0 Å². The van der Waals surface area contributed by atoms with Crippen molar-refractivity contribution in [2.45, 2.75) is 25.7 Å². The third kappa shape index (κ3) is 2.73. The van der Waals surface area contributed by atoms with Crippen LogP contribution in [0.5, 0.6) is 0 Å². The number of pyridine rings is 1. The highest BCUT2D eigenvalue weighted by Crippen LogP contribution is 2.23. The molecule has 1 aromatic heterocycles. The van der Waals surface area contributed by atoms with E-state index in [2.05, 4.69) is 21.3 Å². The van der Waals surface area contributed by atoms with Gasteiger partial charge in [0, 0.05) is 31.2 Å². The molecule has 88 valence electrons. The lowest BCUT2D eigenvalue weighted by Crippen LogP contribution is -2.30. The Bertz CT molecular complexity index is 319. The fourth-order valence-electron chi connectivity index (χ4n) is 2.32. The Hall–Kier alpha value is -1.09. The number of nitrogens with one attached hydrogen (secondary N) is 1. The first-order chi connectivity index (χ1) is 7.92. The molecule has 1 N–H and O–H groups in total. The Labute approximate surface area is 97.9 Å². The number of rotatable bonds is 4. The second-order valence-electron chi connectivity index (χ2n) is 4.41. The van der Waals surface area contributed by atoms with Crippen LogP contribution in [0.4, 0.5) is 5.69 Å². The Kier molecular flexibility index (Phi) is 4.17. The van der Waals surface area contributed by atoms with Gasteiger partial charge in [-0.05, 0) is 50.9 Å². The van der Waals surface area contributed by atoms with Gasteiger partial charge < -0.3 is 10.2 Å². The number of nitrogens with zero attached hydrogens (tertiary/aromatic N) is 2. The highest BCUT2D eigenvalue weighted by Gasteiger charge is 2.13. The van der Waals surface area contributed by atoms with E-state index >= 15 is 0 Å². The van der Waals surface area contributed by atoms with Crippen LogP contribution in [0.3, 0.4) is 0 Å². The third-order valence-electron chi connectivity index (χ3n) is 3.22. The molecule has 0 saturated carbocycles. The molecule has 0 radical (unpaired) electrons. The minimum Gasteiger partial charge on any atom is -0.371 e. The van der Waals surface area contributed by atoms with Gasteiger partial charge in [0.15, 0.2) is 0 Å². The summed E-state index contributed by atoms with van der Waals surface area (Å²) in [5, 5.41) is 3.20. The van der Waals surface area contributed by atoms with Crippen molar-refractivity contribution < 1.29 is 0 Å².